The van der Waals surface area contributed by atoms with Gasteiger partial charge in [0.1, 0.15) is 5.75 Å². The molecule has 20 heavy (non-hydrogen) atoms. The van der Waals surface area contributed by atoms with Gasteiger partial charge in [0.15, 0.2) is 0 Å². The van der Waals surface area contributed by atoms with E-state index in [0.717, 1.165) is 38.1 Å². The summed E-state index contributed by atoms with van der Waals surface area (Å²) >= 11 is 0. The van der Waals surface area contributed by atoms with Gasteiger partial charge in [0.05, 0.1) is 12.6 Å². The third-order valence-electron chi connectivity index (χ3n) is 3.38. The van der Waals surface area contributed by atoms with Crippen LogP contribution >= 0.6 is 12.4 Å². The summed E-state index contributed by atoms with van der Waals surface area (Å²) in [5.74, 6) is 1.09. The lowest BCUT2D eigenvalue weighted by atomic mass is 10.2. The summed E-state index contributed by atoms with van der Waals surface area (Å²) < 4.78 is 5.61. The van der Waals surface area contributed by atoms with Crippen molar-refractivity contribution in [3.8, 4) is 5.75 Å². The van der Waals surface area contributed by atoms with Gasteiger partial charge in [-0.05, 0) is 37.9 Å². The maximum Gasteiger partial charge on any atom is 0.239 e. The third-order valence-corrected chi connectivity index (χ3v) is 3.38. The van der Waals surface area contributed by atoms with Gasteiger partial charge in [-0.1, -0.05) is 18.2 Å². The molecule has 1 unspecified atom stereocenters. The summed E-state index contributed by atoms with van der Waals surface area (Å²) in [6.45, 7) is 2.34. The number of nitrogens with zero attached hydrogens (tertiary/aromatic N) is 1. The summed E-state index contributed by atoms with van der Waals surface area (Å²) in [6, 6.07) is 9.79. The molecule has 0 radical (unpaired) electrons. The molecule has 1 atom stereocenters. The van der Waals surface area contributed by atoms with Gasteiger partial charge in [-0.2, -0.15) is 0 Å². The molecule has 4 nitrogen and oxygen atoms in total. The molecule has 0 spiro atoms. The summed E-state index contributed by atoms with van der Waals surface area (Å²) in [5.41, 5.74) is 0. The minimum atomic E-state index is 0. The van der Waals surface area contributed by atoms with Crippen molar-refractivity contribution in [1.82, 2.24) is 10.2 Å². The maximum absolute atomic E-state index is 12.0. The van der Waals surface area contributed by atoms with Crippen molar-refractivity contribution in [3.05, 3.63) is 30.3 Å². The van der Waals surface area contributed by atoms with Crippen LogP contribution in [-0.2, 0) is 4.79 Å². The molecule has 2 rings (SSSR count). The first-order valence-electron chi connectivity index (χ1n) is 6.93. The average Bonchev–Trinajstić information content (AvgIpc) is 2.98. The Morgan fingerprint density at radius 1 is 1.40 bits per heavy atom. The van der Waals surface area contributed by atoms with E-state index in [-0.39, 0.29) is 24.4 Å². The quantitative estimate of drug-likeness (QED) is 0.818. The fraction of sp³-hybridized carbons (Fsp3) is 0.533. The van der Waals surface area contributed by atoms with E-state index in [4.69, 9.17) is 4.74 Å². The van der Waals surface area contributed by atoms with Crippen LogP contribution in [0.1, 0.15) is 19.3 Å². The highest BCUT2D eigenvalue weighted by molar-refractivity contribution is 5.85. The third kappa shape index (κ3) is 5.02. The molecule has 5 heteroatoms. The predicted octanol–water partition coefficient (Wildman–Crippen LogP) is 2.09. The minimum Gasteiger partial charge on any atom is -0.494 e. The number of amides is 1. The lowest BCUT2D eigenvalue weighted by Crippen LogP contribution is -2.42. The van der Waals surface area contributed by atoms with Crippen LogP contribution in [0.4, 0.5) is 0 Å². The number of halogens is 1. The van der Waals surface area contributed by atoms with E-state index in [1.807, 2.05) is 37.4 Å². The van der Waals surface area contributed by atoms with E-state index >= 15 is 0 Å². The number of rotatable bonds is 6. The van der Waals surface area contributed by atoms with Crippen LogP contribution in [0.2, 0.25) is 0 Å². The van der Waals surface area contributed by atoms with Crippen molar-refractivity contribution in [2.24, 2.45) is 0 Å². The summed E-state index contributed by atoms with van der Waals surface area (Å²) in [4.78, 5) is 13.8. The lowest BCUT2D eigenvalue weighted by Gasteiger charge is -2.21. The smallest absolute Gasteiger partial charge is 0.239 e. The number of carbonyl (C=O) groups is 1. The fourth-order valence-electron chi connectivity index (χ4n) is 2.28. The van der Waals surface area contributed by atoms with E-state index in [1.54, 1.807) is 4.90 Å². The van der Waals surface area contributed by atoms with Crippen LogP contribution in [0.5, 0.6) is 5.75 Å². The molecule has 1 aromatic carbocycles. The first-order chi connectivity index (χ1) is 9.27. The van der Waals surface area contributed by atoms with E-state index < -0.39 is 0 Å². The van der Waals surface area contributed by atoms with Gasteiger partial charge >= 0.3 is 0 Å². The van der Waals surface area contributed by atoms with E-state index in [9.17, 15) is 4.79 Å². The normalized spacial score (nSPS) is 17.4. The highest BCUT2D eigenvalue weighted by Crippen LogP contribution is 2.10. The van der Waals surface area contributed by atoms with Crippen molar-refractivity contribution in [2.75, 3.05) is 26.7 Å². The second-order valence-corrected chi connectivity index (χ2v) is 4.92. The summed E-state index contributed by atoms with van der Waals surface area (Å²) in [7, 11) is 1.87. The van der Waals surface area contributed by atoms with Crippen LogP contribution in [-0.4, -0.2) is 43.6 Å². The minimum absolute atomic E-state index is 0. The van der Waals surface area contributed by atoms with Gasteiger partial charge in [-0.15, -0.1) is 12.4 Å². The Morgan fingerprint density at radius 2 is 2.15 bits per heavy atom. The number of hydrogen-bond acceptors (Lipinski definition) is 3. The average molecular weight is 299 g/mol. The van der Waals surface area contributed by atoms with Crippen LogP contribution in [0.25, 0.3) is 0 Å². The van der Waals surface area contributed by atoms with Gasteiger partial charge in [0, 0.05) is 13.6 Å². The van der Waals surface area contributed by atoms with Gasteiger partial charge < -0.3 is 15.0 Å². The first-order valence-corrected chi connectivity index (χ1v) is 6.93. The van der Waals surface area contributed by atoms with Crippen molar-refractivity contribution >= 4 is 18.3 Å². The Bertz CT molecular complexity index is 394. The second kappa shape index (κ2) is 8.82. The molecule has 1 aliphatic heterocycles. The molecule has 112 valence electrons. The Balaban J connectivity index is 0.00000200. The zero-order valence-electron chi connectivity index (χ0n) is 11.9. The molecule has 1 saturated heterocycles. The molecule has 1 amide bonds. The molecule has 0 aromatic heterocycles. The van der Waals surface area contributed by atoms with Crippen molar-refractivity contribution in [3.63, 3.8) is 0 Å². The molecular weight excluding hydrogens is 276 g/mol. The summed E-state index contributed by atoms with van der Waals surface area (Å²) in [5, 5.41) is 3.23. The molecule has 1 aliphatic rings. The van der Waals surface area contributed by atoms with E-state index in [0.29, 0.717) is 6.61 Å². The van der Waals surface area contributed by atoms with Crippen molar-refractivity contribution in [2.45, 2.75) is 25.3 Å². The zero-order chi connectivity index (χ0) is 13.5. The number of likely N-dealkylation sites (N-methyl/N-ethyl adjacent to an activating group) is 1. The number of hydrogen-bond donors (Lipinski definition) is 1. The number of para-hydroxylation sites is 1. The highest BCUT2D eigenvalue weighted by atomic mass is 35.5. The van der Waals surface area contributed by atoms with Gasteiger partial charge in [-0.3, -0.25) is 4.79 Å². The molecule has 1 fully saturated rings. The SMILES string of the molecule is CN(CCCOc1ccccc1)C(=O)C1CCCN1.Cl. The maximum atomic E-state index is 12.0. The largest absolute Gasteiger partial charge is 0.494 e. The molecule has 0 bridgehead atoms. The number of nitrogens with one attached hydrogen (secondary N) is 1. The van der Waals surface area contributed by atoms with E-state index in [2.05, 4.69) is 5.32 Å². The number of ether oxygens (including phenoxy) is 1. The Kier molecular flexibility index (Phi) is 7.41. The van der Waals surface area contributed by atoms with Crippen molar-refractivity contribution < 1.29 is 9.53 Å². The van der Waals surface area contributed by atoms with Gasteiger partial charge in [0.2, 0.25) is 5.91 Å². The molecule has 1 aromatic rings. The zero-order valence-corrected chi connectivity index (χ0v) is 12.7. The topological polar surface area (TPSA) is 41.6 Å². The van der Waals surface area contributed by atoms with Crippen LogP contribution in [0.3, 0.4) is 0 Å². The van der Waals surface area contributed by atoms with Crippen molar-refractivity contribution in [1.29, 1.82) is 0 Å². The Labute approximate surface area is 126 Å². The fourth-order valence-corrected chi connectivity index (χ4v) is 2.28. The van der Waals surface area contributed by atoms with Crippen LogP contribution < -0.4 is 10.1 Å². The van der Waals surface area contributed by atoms with Crippen LogP contribution in [0, 0.1) is 0 Å². The highest BCUT2D eigenvalue weighted by Gasteiger charge is 2.24. The molecular formula is C15H23ClN2O2. The van der Waals surface area contributed by atoms with Crippen LogP contribution in [0.15, 0.2) is 30.3 Å². The molecule has 0 saturated carbocycles. The first kappa shape index (κ1) is 16.8. The molecule has 1 N–H and O–H groups in total. The standard InChI is InChI=1S/C15H22N2O2.ClH/c1-17(15(18)14-9-5-10-16-14)11-6-12-19-13-7-3-2-4-8-13;/h2-4,7-8,14,16H,5-6,9-12H2,1H3;1H. The molecule has 1 heterocycles. The predicted molar refractivity (Wildman–Crippen MR) is 82.5 cm³/mol. The molecule has 0 aliphatic carbocycles. The Hall–Kier alpha value is -1.26. The Morgan fingerprint density at radius 3 is 2.80 bits per heavy atom. The number of carbonyl (C=O) groups excluding carboxylic acids is 1. The number of benzene rings is 1. The monoisotopic (exact) mass is 298 g/mol. The second-order valence-electron chi connectivity index (χ2n) is 4.92. The van der Waals surface area contributed by atoms with Gasteiger partial charge in [-0.25, -0.2) is 0 Å². The van der Waals surface area contributed by atoms with Gasteiger partial charge in [0.25, 0.3) is 0 Å². The summed E-state index contributed by atoms with van der Waals surface area (Å²) in [6.07, 6.45) is 2.91. The van der Waals surface area contributed by atoms with E-state index in [1.165, 1.54) is 0 Å². The lowest BCUT2D eigenvalue weighted by molar-refractivity contribution is -0.131.